The van der Waals surface area contributed by atoms with Crippen LogP contribution in [0, 0.1) is 5.92 Å². The number of quaternary nitrogens is 1. The fourth-order valence-electron chi connectivity index (χ4n) is 3.57. The van der Waals surface area contributed by atoms with Gasteiger partial charge in [0, 0.05) is 12.5 Å². The molecule has 33 heavy (non-hydrogen) atoms. The first-order chi connectivity index (χ1) is 15.7. The maximum Gasteiger partial charge on any atom is 0.472 e. The van der Waals surface area contributed by atoms with Gasteiger partial charge in [-0.25, -0.2) is 4.57 Å². The average molecular weight is 493 g/mol. The summed E-state index contributed by atoms with van der Waals surface area (Å²) in [5.74, 6) is -0.121. The minimum absolute atomic E-state index is 0.0377. The largest absolute Gasteiger partial charge is 0.472 e. The van der Waals surface area contributed by atoms with Crippen molar-refractivity contribution in [2.24, 2.45) is 5.92 Å². The Morgan fingerprint density at radius 1 is 0.818 bits per heavy atom. The van der Waals surface area contributed by atoms with Crippen LogP contribution in [0.25, 0.3) is 0 Å². The molecular weight excluding hydrogens is 437 g/mol. The van der Waals surface area contributed by atoms with Crippen LogP contribution in [0.1, 0.15) is 103 Å². The van der Waals surface area contributed by atoms with Gasteiger partial charge in [-0.15, -0.1) is 0 Å². The molecule has 2 N–H and O–H groups in total. The summed E-state index contributed by atoms with van der Waals surface area (Å²) in [5.41, 5.74) is 0. The van der Waals surface area contributed by atoms with Crippen molar-refractivity contribution in [1.82, 2.24) is 0 Å². The molecule has 0 saturated heterocycles. The molecule has 2 atom stereocenters. The molecule has 2 unspecified atom stereocenters. The van der Waals surface area contributed by atoms with Crippen molar-refractivity contribution in [3.8, 4) is 0 Å². The summed E-state index contributed by atoms with van der Waals surface area (Å²) in [6.07, 6.45) is 23.2. The minimum Gasteiger partial charge on any atom is -0.396 e. The molecule has 0 spiro atoms. The Kier molecular flexibility index (Phi) is 20.9. The topological polar surface area (TPSA) is 76.0 Å². The highest BCUT2D eigenvalue weighted by Crippen LogP contribution is 2.43. The monoisotopic (exact) mass is 492 g/mol. The predicted octanol–water partition coefficient (Wildman–Crippen LogP) is 6.86. The lowest BCUT2D eigenvalue weighted by Gasteiger charge is -2.24. The number of aliphatic hydroxyl groups is 1. The number of phosphoric acid groups is 1. The van der Waals surface area contributed by atoms with Crippen LogP contribution in [0.2, 0.25) is 0 Å². The van der Waals surface area contributed by atoms with E-state index in [1.54, 1.807) is 0 Å². The number of aliphatic hydroxyl groups excluding tert-OH is 1. The Bertz CT molecular complexity index is 507. The number of hydrogen-bond donors (Lipinski definition) is 2. The van der Waals surface area contributed by atoms with E-state index in [1.807, 2.05) is 21.1 Å². The van der Waals surface area contributed by atoms with Crippen molar-refractivity contribution in [2.45, 2.75) is 103 Å². The molecular formula is C26H55NO5P+. The number of nitrogens with zero attached hydrogens (tertiary/aromatic N) is 1. The number of allylic oxidation sites excluding steroid dienone is 2. The van der Waals surface area contributed by atoms with Crippen LogP contribution in [0.4, 0.5) is 0 Å². The second-order valence-electron chi connectivity index (χ2n) is 10.4. The summed E-state index contributed by atoms with van der Waals surface area (Å²) in [7, 11) is 1.92. The highest BCUT2D eigenvalue weighted by molar-refractivity contribution is 7.47. The van der Waals surface area contributed by atoms with E-state index in [1.165, 1.54) is 77.0 Å². The van der Waals surface area contributed by atoms with E-state index < -0.39 is 7.82 Å². The first kappa shape index (κ1) is 32.8. The van der Waals surface area contributed by atoms with E-state index in [9.17, 15) is 14.6 Å². The smallest absolute Gasteiger partial charge is 0.396 e. The molecule has 0 fully saturated rings. The SMILES string of the molecule is CCCCCCCC/C=C\CCCCCCCCC(CO)COP(=O)(O)OCC[N+](C)(C)C. The van der Waals surface area contributed by atoms with Gasteiger partial charge in [0.1, 0.15) is 13.2 Å². The molecule has 7 heteroatoms. The Balaban J connectivity index is 3.61. The lowest BCUT2D eigenvalue weighted by Crippen LogP contribution is -2.37. The fraction of sp³-hybridized carbons (Fsp3) is 0.923. The van der Waals surface area contributed by atoms with E-state index >= 15 is 0 Å². The fourth-order valence-corrected chi connectivity index (χ4v) is 4.36. The Hall–Kier alpha value is -0.230. The van der Waals surface area contributed by atoms with Gasteiger partial charge < -0.3 is 14.5 Å². The van der Waals surface area contributed by atoms with E-state index in [0.717, 1.165) is 19.3 Å². The number of likely N-dealkylation sites (N-methyl/N-ethyl adjacent to an activating group) is 1. The van der Waals surface area contributed by atoms with Gasteiger partial charge in [0.25, 0.3) is 0 Å². The van der Waals surface area contributed by atoms with Gasteiger partial charge in [0.15, 0.2) is 0 Å². The van der Waals surface area contributed by atoms with Crippen molar-refractivity contribution >= 4 is 7.82 Å². The highest BCUT2D eigenvalue weighted by Gasteiger charge is 2.24. The van der Waals surface area contributed by atoms with Crippen LogP contribution in [0.15, 0.2) is 12.2 Å². The summed E-state index contributed by atoms with van der Waals surface area (Å²) in [4.78, 5) is 9.79. The molecule has 0 saturated carbocycles. The molecule has 0 heterocycles. The van der Waals surface area contributed by atoms with Gasteiger partial charge in [-0.3, -0.25) is 9.05 Å². The van der Waals surface area contributed by atoms with Crippen LogP contribution >= 0.6 is 7.82 Å². The molecule has 0 aliphatic heterocycles. The molecule has 198 valence electrons. The van der Waals surface area contributed by atoms with E-state index in [0.29, 0.717) is 11.0 Å². The molecule has 0 bridgehead atoms. The summed E-state index contributed by atoms with van der Waals surface area (Å²) >= 11 is 0. The van der Waals surface area contributed by atoms with Gasteiger partial charge in [-0.2, -0.15) is 0 Å². The summed E-state index contributed by atoms with van der Waals surface area (Å²) in [6, 6.07) is 0. The third-order valence-electron chi connectivity index (χ3n) is 5.87. The molecule has 0 aromatic heterocycles. The maximum absolute atomic E-state index is 12.0. The molecule has 0 aromatic rings. The Labute approximate surface area is 205 Å². The van der Waals surface area contributed by atoms with Crippen molar-refractivity contribution < 1.29 is 28.1 Å². The van der Waals surface area contributed by atoms with Crippen LogP contribution in [0.5, 0.6) is 0 Å². The second kappa shape index (κ2) is 21.1. The Morgan fingerprint density at radius 2 is 1.33 bits per heavy atom. The van der Waals surface area contributed by atoms with E-state index in [-0.39, 0.29) is 25.7 Å². The van der Waals surface area contributed by atoms with Crippen molar-refractivity contribution in [2.75, 3.05) is 47.5 Å². The van der Waals surface area contributed by atoms with Gasteiger partial charge in [-0.05, 0) is 32.1 Å². The van der Waals surface area contributed by atoms with Crippen LogP contribution in [0.3, 0.4) is 0 Å². The van der Waals surface area contributed by atoms with Crippen molar-refractivity contribution in [3.63, 3.8) is 0 Å². The molecule has 6 nitrogen and oxygen atoms in total. The van der Waals surface area contributed by atoms with Gasteiger partial charge >= 0.3 is 7.82 Å². The van der Waals surface area contributed by atoms with Crippen LogP contribution < -0.4 is 0 Å². The minimum atomic E-state index is -4.05. The number of unbranched alkanes of at least 4 members (excludes halogenated alkanes) is 12. The molecule has 0 rings (SSSR count). The van der Waals surface area contributed by atoms with Crippen molar-refractivity contribution in [1.29, 1.82) is 0 Å². The zero-order chi connectivity index (χ0) is 24.8. The zero-order valence-electron chi connectivity index (χ0n) is 22.2. The standard InChI is InChI=1S/C26H54NO5P/c1-5-6-7-8-9-10-11-12-13-14-15-16-17-18-19-20-21-26(24-28)25-32-33(29,30)31-23-22-27(2,3)4/h12-13,26,28H,5-11,14-25H2,1-4H3/p+1/b13-12-. The van der Waals surface area contributed by atoms with Crippen LogP contribution in [-0.4, -0.2) is 62.0 Å². The summed E-state index contributed by atoms with van der Waals surface area (Å²) in [6.45, 7) is 3.06. The normalized spacial score (nSPS) is 15.2. The average Bonchev–Trinajstić information content (AvgIpc) is 2.74. The third kappa shape index (κ3) is 24.7. The van der Waals surface area contributed by atoms with Crippen molar-refractivity contribution in [3.05, 3.63) is 12.2 Å². The van der Waals surface area contributed by atoms with E-state index in [2.05, 4.69) is 19.1 Å². The maximum atomic E-state index is 12.0. The lowest BCUT2D eigenvalue weighted by atomic mass is 10.0. The Morgan fingerprint density at radius 3 is 1.85 bits per heavy atom. The third-order valence-corrected chi connectivity index (χ3v) is 6.86. The summed E-state index contributed by atoms with van der Waals surface area (Å²) < 4.78 is 22.7. The van der Waals surface area contributed by atoms with Crippen LogP contribution in [-0.2, 0) is 13.6 Å². The zero-order valence-corrected chi connectivity index (χ0v) is 23.1. The quantitative estimate of drug-likeness (QED) is 0.0666. The number of phosphoric ester groups is 1. The molecule has 0 aliphatic rings. The molecule has 0 aliphatic carbocycles. The first-order valence-corrected chi connectivity index (χ1v) is 14.9. The lowest BCUT2D eigenvalue weighted by molar-refractivity contribution is -0.870. The molecule has 0 aromatic carbocycles. The number of rotatable bonds is 24. The first-order valence-electron chi connectivity index (χ1n) is 13.4. The molecule has 0 amide bonds. The summed E-state index contributed by atoms with van der Waals surface area (Å²) in [5, 5.41) is 9.53. The predicted molar refractivity (Wildman–Crippen MR) is 139 cm³/mol. The second-order valence-corrected chi connectivity index (χ2v) is 11.8. The number of hydrogen-bond acceptors (Lipinski definition) is 4. The van der Waals surface area contributed by atoms with Gasteiger partial charge in [-0.1, -0.05) is 83.3 Å². The van der Waals surface area contributed by atoms with E-state index in [4.69, 9.17) is 9.05 Å². The molecule has 0 radical (unpaired) electrons. The van der Waals surface area contributed by atoms with Gasteiger partial charge in [0.2, 0.25) is 0 Å². The van der Waals surface area contributed by atoms with Gasteiger partial charge in [0.05, 0.1) is 27.7 Å². The highest BCUT2D eigenvalue weighted by atomic mass is 31.2.